The van der Waals surface area contributed by atoms with E-state index in [0.29, 0.717) is 12.1 Å². The second kappa shape index (κ2) is 5.38. The van der Waals surface area contributed by atoms with E-state index >= 15 is 0 Å². The average Bonchev–Trinajstić information content (AvgIpc) is 2.94. The van der Waals surface area contributed by atoms with E-state index in [2.05, 4.69) is 52.5 Å². The summed E-state index contributed by atoms with van der Waals surface area (Å²) in [4.78, 5) is 4.27. The Labute approximate surface area is 109 Å². The zero-order valence-corrected chi connectivity index (χ0v) is 11.7. The minimum absolute atomic E-state index is 0.450. The topological polar surface area (TPSA) is 35.6 Å². The highest BCUT2D eigenvalue weighted by molar-refractivity contribution is 5.00. The maximum absolute atomic E-state index is 4.37. The number of aryl methyl sites for hydroxylation is 2. The predicted octanol–water partition coefficient (Wildman–Crippen LogP) is 3.30. The summed E-state index contributed by atoms with van der Waals surface area (Å²) in [5, 5.41) is 4.37. The van der Waals surface area contributed by atoms with Crippen molar-refractivity contribution in [2.45, 2.75) is 52.6 Å². The summed E-state index contributed by atoms with van der Waals surface area (Å²) < 4.78 is 4.25. The van der Waals surface area contributed by atoms with E-state index in [1.807, 2.05) is 19.4 Å². The molecule has 0 spiro atoms. The van der Waals surface area contributed by atoms with Crippen LogP contribution < -0.4 is 0 Å². The molecule has 4 heteroatoms. The molecule has 2 atom stereocenters. The average molecular weight is 246 g/mol. The highest BCUT2D eigenvalue weighted by Gasteiger charge is 2.10. The normalized spacial score (nSPS) is 14.7. The standard InChI is InChI=1S/C14H22N4/c1-11-7-16-18(8-11)14(4)6-5-13(3)17-9-12(2)15-10-17/h7-10,13-14H,5-6H2,1-4H3. The Kier molecular flexibility index (Phi) is 3.84. The molecule has 2 heterocycles. The first-order valence-electron chi connectivity index (χ1n) is 6.57. The van der Waals surface area contributed by atoms with Crippen LogP contribution in [0.5, 0.6) is 0 Å². The van der Waals surface area contributed by atoms with Gasteiger partial charge in [-0.15, -0.1) is 0 Å². The van der Waals surface area contributed by atoms with Gasteiger partial charge in [-0.05, 0) is 46.1 Å². The lowest BCUT2D eigenvalue weighted by Gasteiger charge is -2.17. The second-order valence-electron chi connectivity index (χ2n) is 5.24. The van der Waals surface area contributed by atoms with Crippen molar-refractivity contribution in [2.75, 3.05) is 0 Å². The molecule has 0 saturated heterocycles. The number of aromatic nitrogens is 4. The maximum Gasteiger partial charge on any atom is 0.0951 e. The largest absolute Gasteiger partial charge is 0.334 e. The van der Waals surface area contributed by atoms with Gasteiger partial charge < -0.3 is 4.57 Å². The van der Waals surface area contributed by atoms with Crippen LogP contribution in [0.15, 0.2) is 24.9 Å². The van der Waals surface area contributed by atoms with E-state index in [9.17, 15) is 0 Å². The van der Waals surface area contributed by atoms with E-state index < -0.39 is 0 Å². The van der Waals surface area contributed by atoms with Gasteiger partial charge in [0, 0.05) is 24.5 Å². The Morgan fingerprint density at radius 2 is 1.83 bits per heavy atom. The van der Waals surface area contributed by atoms with Crippen LogP contribution in [-0.4, -0.2) is 19.3 Å². The first kappa shape index (κ1) is 12.9. The van der Waals surface area contributed by atoms with Crippen molar-refractivity contribution in [1.29, 1.82) is 0 Å². The lowest BCUT2D eigenvalue weighted by atomic mass is 10.1. The van der Waals surface area contributed by atoms with Crippen LogP contribution in [0.4, 0.5) is 0 Å². The van der Waals surface area contributed by atoms with Crippen LogP contribution in [0, 0.1) is 13.8 Å². The van der Waals surface area contributed by atoms with Gasteiger partial charge in [-0.3, -0.25) is 4.68 Å². The third kappa shape index (κ3) is 3.00. The third-order valence-electron chi connectivity index (χ3n) is 3.42. The molecule has 2 unspecified atom stereocenters. The van der Waals surface area contributed by atoms with Gasteiger partial charge >= 0.3 is 0 Å². The number of rotatable bonds is 5. The van der Waals surface area contributed by atoms with E-state index in [1.165, 1.54) is 5.56 Å². The van der Waals surface area contributed by atoms with Crippen molar-refractivity contribution < 1.29 is 0 Å². The Bertz CT molecular complexity index is 451. The fraction of sp³-hybridized carbons (Fsp3) is 0.571. The van der Waals surface area contributed by atoms with Gasteiger partial charge in [0.1, 0.15) is 0 Å². The van der Waals surface area contributed by atoms with E-state index in [0.717, 1.165) is 18.5 Å². The van der Waals surface area contributed by atoms with Crippen LogP contribution in [0.1, 0.15) is 50.0 Å². The van der Waals surface area contributed by atoms with Gasteiger partial charge in [0.05, 0.1) is 18.2 Å². The summed E-state index contributed by atoms with van der Waals surface area (Å²) in [6.07, 6.45) is 10.3. The first-order valence-corrected chi connectivity index (χ1v) is 6.57. The molecule has 0 aromatic carbocycles. The summed E-state index contributed by atoms with van der Waals surface area (Å²) in [5.74, 6) is 0. The van der Waals surface area contributed by atoms with Gasteiger partial charge in [0.15, 0.2) is 0 Å². The van der Waals surface area contributed by atoms with Crippen LogP contribution in [0.2, 0.25) is 0 Å². The fourth-order valence-corrected chi connectivity index (χ4v) is 2.12. The Balaban J connectivity index is 1.88. The van der Waals surface area contributed by atoms with Crippen LogP contribution in [0.25, 0.3) is 0 Å². The van der Waals surface area contributed by atoms with Crippen molar-refractivity contribution >= 4 is 0 Å². The zero-order chi connectivity index (χ0) is 13.1. The zero-order valence-electron chi connectivity index (χ0n) is 11.7. The van der Waals surface area contributed by atoms with Crippen LogP contribution in [0.3, 0.4) is 0 Å². The predicted molar refractivity (Wildman–Crippen MR) is 72.6 cm³/mol. The highest BCUT2D eigenvalue weighted by Crippen LogP contribution is 2.20. The molecule has 0 saturated carbocycles. The summed E-state index contributed by atoms with van der Waals surface area (Å²) in [6.45, 7) is 8.56. The van der Waals surface area contributed by atoms with Gasteiger partial charge in [-0.25, -0.2) is 4.98 Å². The number of hydrogen-bond donors (Lipinski definition) is 0. The molecule has 0 N–H and O–H groups in total. The molecule has 0 aliphatic rings. The number of hydrogen-bond acceptors (Lipinski definition) is 2. The van der Waals surface area contributed by atoms with E-state index in [4.69, 9.17) is 0 Å². The molecular weight excluding hydrogens is 224 g/mol. The molecule has 2 aromatic rings. The van der Waals surface area contributed by atoms with Gasteiger partial charge in [-0.2, -0.15) is 5.10 Å². The minimum Gasteiger partial charge on any atom is -0.334 e. The molecule has 0 fully saturated rings. The van der Waals surface area contributed by atoms with Gasteiger partial charge in [-0.1, -0.05) is 0 Å². The molecule has 0 bridgehead atoms. The maximum atomic E-state index is 4.37. The molecule has 18 heavy (non-hydrogen) atoms. The summed E-state index contributed by atoms with van der Waals surface area (Å²) in [6, 6.07) is 0.941. The molecular formula is C14H22N4. The molecule has 0 amide bonds. The summed E-state index contributed by atoms with van der Waals surface area (Å²) in [7, 11) is 0. The molecule has 4 nitrogen and oxygen atoms in total. The molecule has 2 rings (SSSR count). The molecule has 0 radical (unpaired) electrons. The Hall–Kier alpha value is -1.58. The molecule has 0 aliphatic heterocycles. The lowest BCUT2D eigenvalue weighted by Crippen LogP contribution is -2.09. The number of imidazole rings is 1. The Morgan fingerprint density at radius 1 is 1.11 bits per heavy atom. The highest BCUT2D eigenvalue weighted by atomic mass is 15.3. The van der Waals surface area contributed by atoms with E-state index in [-0.39, 0.29) is 0 Å². The fourth-order valence-electron chi connectivity index (χ4n) is 2.12. The van der Waals surface area contributed by atoms with Crippen LogP contribution >= 0.6 is 0 Å². The van der Waals surface area contributed by atoms with Gasteiger partial charge in [0.2, 0.25) is 0 Å². The first-order chi connectivity index (χ1) is 8.56. The monoisotopic (exact) mass is 246 g/mol. The second-order valence-corrected chi connectivity index (χ2v) is 5.24. The van der Waals surface area contributed by atoms with Crippen molar-refractivity contribution in [3.63, 3.8) is 0 Å². The number of nitrogens with zero attached hydrogens (tertiary/aromatic N) is 4. The van der Waals surface area contributed by atoms with Crippen molar-refractivity contribution in [3.8, 4) is 0 Å². The van der Waals surface area contributed by atoms with Crippen LogP contribution in [-0.2, 0) is 0 Å². The molecule has 0 aliphatic carbocycles. The van der Waals surface area contributed by atoms with Crippen molar-refractivity contribution in [2.24, 2.45) is 0 Å². The Morgan fingerprint density at radius 3 is 2.39 bits per heavy atom. The summed E-state index contributed by atoms with van der Waals surface area (Å²) >= 11 is 0. The minimum atomic E-state index is 0.450. The quantitative estimate of drug-likeness (QED) is 0.811. The van der Waals surface area contributed by atoms with Gasteiger partial charge in [0.25, 0.3) is 0 Å². The molecule has 98 valence electrons. The van der Waals surface area contributed by atoms with Crippen molar-refractivity contribution in [3.05, 3.63) is 36.2 Å². The van der Waals surface area contributed by atoms with E-state index in [1.54, 1.807) is 0 Å². The smallest absolute Gasteiger partial charge is 0.0951 e. The molecule has 2 aromatic heterocycles. The SMILES string of the molecule is Cc1cnn(C(C)CCC(C)n2cnc(C)c2)c1. The summed E-state index contributed by atoms with van der Waals surface area (Å²) in [5.41, 5.74) is 2.30. The third-order valence-corrected chi connectivity index (χ3v) is 3.42. The van der Waals surface area contributed by atoms with Crippen molar-refractivity contribution in [1.82, 2.24) is 19.3 Å². The lowest BCUT2D eigenvalue weighted by molar-refractivity contribution is 0.394.